The molecule has 0 spiro atoms. The van der Waals surface area contributed by atoms with Gasteiger partial charge in [0, 0.05) is 5.69 Å². The molecule has 0 heterocycles. The lowest BCUT2D eigenvalue weighted by Crippen LogP contribution is -2.29. The Morgan fingerprint density at radius 2 is 2.35 bits per heavy atom. The number of benzene rings is 1. The van der Waals surface area contributed by atoms with Gasteiger partial charge in [-0.2, -0.15) is 5.26 Å². The molecule has 1 N–H and O–H groups in total. The van der Waals surface area contributed by atoms with E-state index in [1.54, 1.807) is 18.2 Å². The van der Waals surface area contributed by atoms with Gasteiger partial charge in [-0.1, -0.05) is 18.5 Å². The molecule has 1 atom stereocenters. The predicted octanol–water partition coefficient (Wildman–Crippen LogP) is 2.58. The summed E-state index contributed by atoms with van der Waals surface area (Å²) in [5.74, 6) is -0.332. The number of methoxy groups -OCH3 is 1. The number of hydrogen-bond donors (Lipinski definition) is 1. The number of rotatable bonds is 4. The molecule has 1 unspecified atom stereocenters. The SMILES string of the molecule is CCC(Nc1ccc(Cl)c(C#N)c1)C(=O)OC. The Hall–Kier alpha value is -1.73. The first-order valence-corrected chi connectivity index (χ1v) is 5.54. The Balaban J connectivity index is 2.88. The second kappa shape index (κ2) is 6.12. The zero-order valence-corrected chi connectivity index (χ0v) is 10.4. The minimum atomic E-state index is -0.423. The fraction of sp³-hybridized carbons (Fsp3) is 0.333. The van der Waals surface area contributed by atoms with E-state index in [9.17, 15) is 4.79 Å². The minimum absolute atomic E-state index is 0.332. The summed E-state index contributed by atoms with van der Waals surface area (Å²) in [7, 11) is 1.34. The summed E-state index contributed by atoms with van der Waals surface area (Å²) < 4.78 is 4.66. The fourth-order valence-electron chi connectivity index (χ4n) is 1.37. The Morgan fingerprint density at radius 1 is 1.65 bits per heavy atom. The third-order valence-corrected chi connectivity index (χ3v) is 2.65. The van der Waals surface area contributed by atoms with Gasteiger partial charge in [0.15, 0.2) is 0 Å². The Bertz CT molecular complexity index is 454. The molecule has 0 radical (unpaired) electrons. The van der Waals surface area contributed by atoms with E-state index in [1.807, 2.05) is 13.0 Å². The van der Waals surface area contributed by atoms with Crippen molar-refractivity contribution in [1.82, 2.24) is 0 Å². The second-order valence-corrected chi connectivity index (χ2v) is 3.84. The normalized spacial score (nSPS) is 11.4. The number of nitrogens with zero attached hydrogens (tertiary/aromatic N) is 1. The number of nitriles is 1. The largest absolute Gasteiger partial charge is 0.467 e. The van der Waals surface area contributed by atoms with E-state index in [0.29, 0.717) is 22.7 Å². The van der Waals surface area contributed by atoms with Gasteiger partial charge in [-0.05, 0) is 24.6 Å². The van der Waals surface area contributed by atoms with Gasteiger partial charge in [0.25, 0.3) is 0 Å². The summed E-state index contributed by atoms with van der Waals surface area (Å²) in [6.07, 6.45) is 0.594. The van der Waals surface area contributed by atoms with E-state index in [-0.39, 0.29) is 5.97 Å². The molecule has 1 aromatic carbocycles. The molecule has 0 aromatic heterocycles. The monoisotopic (exact) mass is 252 g/mol. The Labute approximate surface area is 105 Å². The van der Waals surface area contributed by atoms with Crippen molar-refractivity contribution >= 4 is 23.3 Å². The summed E-state index contributed by atoms with van der Waals surface area (Å²) in [6.45, 7) is 1.87. The number of ether oxygens (including phenoxy) is 1. The van der Waals surface area contributed by atoms with Gasteiger partial charge in [0.2, 0.25) is 0 Å². The lowest BCUT2D eigenvalue weighted by atomic mass is 10.1. The molecule has 0 aliphatic rings. The molecule has 0 fully saturated rings. The molecular weight excluding hydrogens is 240 g/mol. The van der Waals surface area contributed by atoms with Gasteiger partial charge in [-0.3, -0.25) is 0 Å². The van der Waals surface area contributed by atoms with Gasteiger partial charge < -0.3 is 10.1 Å². The van der Waals surface area contributed by atoms with Crippen molar-refractivity contribution in [2.45, 2.75) is 19.4 Å². The van der Waals surface area contributed by atoms with Crippen LogP contribution in [0.2, 0.25) is 5.02 Å². The molecule has 4 nitrogen and oxygen atoms in total. The zero-order chi connectivity index (χ0) is 12.8. The van der Waals surface area contributed by atoms with Crippen LogP contribution in [0.5, 0.6) is 0 Å². The topological polar surface area (TPSA) is 62.1 Å². The third-order valence-electron chi connectivity index (χ3n) is 2.32. The summed E-state index contributed by atoms with van der Waals surface area (Å²) in [5, 5.41) is 12.2. The molecule has 90 valence electrons. The minimum Gasteiger partial charge on any atom is -0.467 e. The Morgan fingerprint density at radius 3 is 2.88 bits per heavy atom. The number of anilines is 1. The maximum atomic E-state index is 11.4. The van der Waals surface area contributed by atoms with E-state index in [2.05, 4.69) is 10.1 Å². The van der Waals surface area contributed by atoms with Crippen molar-refractivity contribution in [3.05, 3.63) is 28.8 Å². The molecule has 0 aliphatic heterocycles. The van der Waals surface area contributed by atoms with Crippen molar-refractivity contribution in [2.75, 3.05) is 12.4 Å². The molecule has 1 aromatic rings. The van der Waals surface area contributed by atoms with E-state index in [1.165, 1.54) is 7.11 Å². The fourth-order valence-corrected chi connectivity index (χ4v) is 1.53. The molecule has 0 saturated heterocycles. The highest BCUT2D eigenvalue weighted by Crippen LogP contribution is 2.20. The van der Waals surface area contributed by atoms with Crippen molar-refractivity contribution < 1.29 is 9.53 Å². The van der Waals surface area contributed by atoms with Crippen LogP contribution in [0.15, 0.2) is 18.2 Å². The third kappa shape index (κ3) is 3.36. The van der Waals surface area contributed by atoms with Crippen LogP contribution in [0.3, 0.4) is 0 Å². The molecule has 1 rings (SSSR count). The highest BCUT2D eigenvalue weighted by Gasteiger charge is 2.16. The zero-order valence-electron chi connectivity index (χ0n) is 9.66. The number of halogens is 1. The summed E-state index contributed by atoms with van der Waals surface area (Å²) >= 11 is 5.81. The molecule has 0 saturated carbocycles. The summed E-state index contributed by atoms with van der Waals surface area (Å²) in [6, 6.07) is 6.50. The molecule has 0 amide bonds. The lowest BCUT2D eigenvalue weighted by Gasteiger charge is -2.15. The van der Waals surface area contributed by atoms with E-state index >= 15 is 0 Å². The van der Waals surface area contributed by atoms with E-state index in [0.717, 1.165) is 0 Å². The Kier molecular flexibility index (Phi) is 4.80. The van der Waals surface area contributed by atoms with Crippen molar-refractivity contribution in [1.29, 1.82) is 5.26 Å². The van der Waals surface area contributed by atoms with E-state index in [4.69, 9.17) is 16.9 Å². The highest BCUT2D eigenvalue weighted by molar-refractivity contribution is 6.31. The maximum Gasteiger partial charge on any atom is 0.328 e. The van der Waals surface area contributed by atoms with Gasteiger partial charge in [0.05, 0.1) is 17.7 Å². The summed E-state index contributed by atoms with van der Waals surface area (Å²) in [5.41, 5.74) is 1.04. The van der Waals surface area contributed by atoms with Crippen LogP contribution in [-0.4, -0.2) is 19.1 Å². The van der Waals surface area contributed by atoms with Crippen LogP contribution >= 0.6 is 11.6 Å². The lowest BCUT2D eigenvalue weighted by molar-refractivity contribution is -0.141. The van der Waals surface area contributed by atoms with Crippen molar-refractivity contribution in [3.63, 3.8) is 0 Å². The first-order valence-electron chi connectivity index (χ1n) is 5.16. The average Bonchev–Trinajstić information content (AvgIpc) is 2.36. The van der Waals surface area contributed by atoms with E-state index < -0.39 is 6.04 Å². The van der Waals surface area contributed by atoms with Gasteiger partial charge in [-0.25, -0.2) is 4.79 Å². The quantitative estimate of drug-likeness (QED) is 0.837. The summed E-state index contributed by atoms with van der Waals surface area (Å²) in [4.78, 5) is 11.4. The number of carbonyl (C=O) groups excluding carboxylic acids is 1. The number of nitrogens with one attached hydrogen (secondary N) is 1. The number of carbonyl (C=O) groups is 1. The van der Waals surface area contributed by atoms with Crippen LogP contribution in [0.1, 0.15) is 18.9 Å². The van der Waals surface area contributed by atoms with Crippen LogP contribution in [0.4, 0.5) is 5.69 Å². The first-order chi connectivity index (χ1) is 8.12. The molecule has 0 bridgehead atoms. The number of hydrogen-bond acceptors (Lipinski definition) is 4. The second-order valence-electron chi connectivity index (χ2n) is 3.43. The number of esters is 1. The van der Waals surface area contributed by atoms with Gasteiger partial charge >= 0.3 is 5.97 Å². The van der Waals surface area contributed by atoms with Gasteiger partial charge in [0.1, 0.15) is 12.1 Å². The molecule has 5 heteroatoms. The highest BCUT2D eigenvalue weighted by atomic mass is 35.5. The van der Waals surface area contributed by atoms with Crippen molar-refractivity contribution in [3.8, 4) is 6.07 Å². The standard InChI is InChI=1S/C12H13ClN2O2/c1-3-11(12(16)17-2)15-9-4-5-10(13)8(6-9)7-14/h4-6,11,15H,3H2,1-2H3. The maximum absolute atomic E-state index is 11.4. The van der Waals surface area contributed by atoms with Gasteiger partial charge in [-0.15, -0.1) is 0 Å². The van der Waals surface area contributed by atoms with Crippen LogP contribution in [0.25, 0.3) is 0 Å². The molecule has 17 heavy (non-hydrogen) atoms. The molecular formula is C12H13ClN2O2. The van der Waals surface area contributed by atoms with Crippen LogP contribution in [0, 0.1) is 11.3 Å². The predicted molar refractivity (Wildman–Crippen MR) is 65.9 cm³/mol. The molecule has 0 aliphatic carbocycles. The van der Waals surface area contributed by atoms with Crippen LogP contribution < -0.4 is 5.32 Å². The smallest absolute Gasteiger partial charge is 0.328 e. The van der Waals surface area contributed by atoms with Crippen molar-refractivity contribution in [2.24, 2.45) is 0 Å². The first kappa shape index (κ1) is 13.3. The average molecular weight is 253 g/mol. The van der Waals surface area contributed by atoms with Crippen LogP contribution in [-0.2, 0) is 9.53 Å².